The Morgan fingerprint density at radius 3 is 2.08 bits per heavy atom. The van der Waals surface area contributed by atoms with E-state index in [1.807, 2.05) is 0 Å². The van der Waals surface area contributed by atoms with Crippen molar-refractivity contribution in [3.8, 4) is 0 Å². The lowest BCUT2D eigenvalue weighted by atomic mass is 10.0. The highest BCUT2D eigenvalue weighted by Gasteiger charge is 2.43. The minimum atomic E-state index is -1.17. The van der Waals surface area contributed by atoms with E-state index < -0.39 is 48.5 Å². The number of aliphatic carboxylic acids is 1. The molecule has 2 aliphatic rings. The molecule has 0 saturated carbocycles. The standard InChI is InChI=1S/C24H43N7O6/c25-11-3-1-7-16(27)21(34)29-17(8-2-4-12-26)23(36)31-14-6-10-19(31)24(37)30-13-5-9-18(30)22(35)28-15-20(32)33/h16-19H,1-15,25-27H2,(H,28,35)(H,29,34)(H,32,33)/t16-,17-,18-,19-/m0/s1. The Balaban J connectivity index is 2.10. The summed E-state index contributed by atoms with van der Waals surface area (Å²) in [5.41, 5.74) is 17.1. The minimum absolute atomic E-state index is 0.329. The number of carboxylic acids is 1. The summed E-state index contributed by atoms with van der Waals surface area (Å²) in [6, 6.07) is -3.10. The third-order valence-corrected chi connectivity index (χ3v) is 6.94. The second-order valence-corrected chi connectivity index (χ2v) is 9.73. The summed E-state index contributed by atoms with van der Waals surface area (Å²) in [6.07, 6.45) is 5.71. The fourth-order valence-electron chi connectivity index (χ4n) is 4.93. The molecule has 0 spiro atoms. The van der Waals surface area contributed by atoms with Gasteiger partial charge in [-0.2, -0.15) is 0 Å². The van der Waals surface area contributed by atoms with Gasteiger partial charge in [0.15, 0.2) is 0 Å². The summed E-state index contributed by atoms with van der Waals surface area (Å²) >= 11 is 0. The highest BCUT2D eigenvalue weighted by molar-refractivity contribution is 5.95. The van der Waals surface area contributed by atoms with Gasteiger partial charge in [-0.25, -0.2) is 0 Å². The van der Waals surface area contributed by atoms with Crippen LogP contribution in [0.3, 0.4) is 0 Å². The predicted molar refractivity (Wildman–Crippen MR) is 136 cm³/mol. The Morgan fingerprint density at radius 2 is 1.46 bits per heavy atom. The van der Waals surface area contributed by atoms with E-state index in [-0.39, 0.29) is 11.8 Å². The third kappa shape index (κ3) is 8.93. The van der Waals surface area contributed by atoms with Gasteiger partial charge in [0.1, 0.15) is 24.7 Å². The summed E-state index contributed by atoms with van der Waals surface area (Å²) in [5, 5.41) is 14.0. The predicted octanol–water partition coefficient (Wildman–Crippen LogP) is -1.76. The first kappa shape index (κ1) is 30.5. The van der Waals surface area contributed by atoms with Crippen LogP contribution < -0.4 is 27.8 Å². The number of nitrogens with zero attached hydrogens (tertiary/aromatic N) is 2. The van der Waals surface area contributed by atoms with Gasteiger partial charge in [-0.05, 0) is 70.9 Å². The van der Waals surface area contributed by atoms with Crippen molar-refractivity contribution in [2.45, 2.75) is 88.4 Å². The Hall–Kier alpha value is -2.77. The first-order chi connectivity index (χ1) is 17.7. The first-order valence-corrected chi connectivity index (χ1v) is 13.3. The Kier molecular flexibility index (Phi) is 12.7. The number of hydrogen-bond donors (Lipinski definition) is 6. The number of hydrogen-bond acceptors (Lipinski definition) is 8. The zero-order chi connectivity index (χ0) is 27.4. The SMILES string of the molecule is NCCCC[C@H](NC(=O)[C@@H](N)CCCCN)C(=O)N1CCC[C@H]1C(=O)N1CCC[C@H]1C(=O)NCC(=O)O. The molecule has 2 heterocycles. The molecule has 2 saturated heterocycles. The molecule has 210 valence electrons. The van der Waals surface area contributed by atoms with E-state index in [9.17, 15) is 24.0 Å². The summed E-state index contributed by atoms with van der Waals surface area (Å²) < 4.78 is 0. The lowest BCUT2D eigenvalue weighted by molar-refractivity contribution is -0.148. The number of amides is 4. The third-order valence-electron chi connectivity index (χ3n) is 6.94. The van der Waals surface area contributed by atoms with Crippen LogP contribution in [0.15, 0.2) is 0 Å². The highest BCUT2D eigenvalue weighted by Crippen LogP contribution is 2.26. The van der Waals surface area contributed by atoms with Gasteiger partial charge in [0, 0.05) is 13.1 Å². The zero-order valence-corrected chi connectivity index (χ0v) is 21.5. The lowest BCUT2D eigenvalue weighted by Crippen LogP contribution is -2.57. The van der Waals surface area contributed by atoms with Crippen LogP contribution in [-0.4, -0.2) is 101 Å². The molecule has 4 amide bonds. The molecule has 0 aromatic carbocycles. The number of carboxylic acid groups (broad SMARTS) is 1. The van der Waals surface area contributed by atoms with E-state index in [4.69, 9.17) is 22.3 Å². The summed E-state index contributed by atoms with van der Waals surface area (Å²) in [6.45, 7) is 1.17. The molecule has 13 nitrogen and oxygen atoms in total. The number of nitrogens with two attached hydrogens (primary N) is 3. The van der Waals surface area contributed by atoms with Gasteiger partial charge in [0.2, 0.25) is 23.6 Å². The van der Waals surface area contributed by atoms with Crippen molar-refractivity contribution >= 4 is 29.6 Å². The summed E-state index contributed by atoms with van der Waals surface area (Å²) in [7, 11) is 0. The maximum absolute atomic E-state index is 13.6. The van der Waals surface area contributed by atoms with Crippen molar-refractivity contribution in [3.05, 3.63) is 0 Å². The van der Waals surface area contributed by atoms with Gasteiger partial charge in [-0.3, -0.25) is 24.0 Å². The summed E-state index contributed by atoms with van der Waals surface area (Å²) in [5.74, 6) is -2.77. The van der Waals surface area contributed by atoms with E-state index >= 15 is 0 Å². The van der Waals surface area contributed by atoms with Crippen molar-refractivity contribution in [3.63, 3.8) is 0 Å². The molecule has 0 aliphatic carbocycles. The molecule has 0 bridgehead atoms. The zero-order valence-electron chi connectivity index (χ0n) is 21.5. The van der Waals surface area contributed by atoms with Crippen LogP contribution in [0.2, 0.25) is 0 Å². The van der Waals surface area contributed by atoms with Crippen LogP contribution in [0, 0.1) is 0 Å². The average molecular weight is 526 g/mol. The largest absolute Gasteiger partial charge is 0.480 e. The molecule has 2 fully saturated rings. The fraction of sp³-hybridized carbons (Fsp3) is 0.792. The van der Waals surface area contributed by atoms with Crippen molar-refractivity contribution in [1.29, 1.82) is 0 Å². The average Bonchev–Trinajstić information content (AvgIpc) is 3.56. The number of carbonyl (C=O) groups excluding carboxylic acids is 4. The molecule has 2 rings (SSSR count). The van der Waals surface area contributed by atoms with Gasteiger partial charge < -0.3 is 42.7 Å². The normalized spacial score (nSPS) is 20.9. The topological polar surface area (TPSA) is 214 Å². The van der Waals surface area contributed by atoms with Crippen LogP contribution in [0.25, 0.3) is 0 Å². The van der Waals surface area contributed by atoms with Gasteiger partial charge >= 0.3 is 5.97 Å². The minimum Gasteiger partial charge on any atom is -0.480 e. The van der Waals surface area contributed by atoms with Gasteiger partial charge in [0.05, 0.1) is 6.04 Å². The smallest absolute Gasteiger partial charge is 0.322 e. The monoisotopic (exact) mass is 525 g/mol. The molecule has 0 aromatic heterocycles. The molecule has 9 N–H and O–H groups in total. The van der Waals surface area contributed by atoms with Crippen molar-refractivity contribution in [2.24, 2.45) is 17.2 Å². The van der Waals surface area contributed by atoms with Crippen LogP contribution in [-0.2, 0) is 24.0 Å². The molecule has 0 unspecified atom stereocenters. The Labute approximate surface area is 217 Å². The lowest BCUT2D eigenvalue weighted by Gasteiger charge is -2.33. The number of carbonyl (C=O) groups is 5. The molecular weight excluding hydrogens is 482 g/mol. The quantitative estimate of drug-likeness (QED) is 0.133. The van der Waals surface area contributed by atoms with E-state index in [0.717, 1.165) is 6.42 Å². The Bertz CT molecular complexity index is 810. The Morgan fingerprint density at radius 1 is 0.865 bits per heavy atom. The van der Waals surface area contributed by atoms with Crippen LogP contribution in [0.4, 0.5) is 0 Å². The van der Waals surface area contributed by atoms with Gasteiger partial charge in [-0.15, -0.1) is 0 Å². The van der Waals surface area contributed by atoms with E-state index in [2.05, 4.69) is 10.6 Å². The molecule has 0 radical (unpaired) electrons. The fourth-order valence-corrected chi connectivity index (χ4v) is 4.93. The highest BCUT2D eigenvalue weighted by atomic mass is 16.4. The summed E-state index contributed by atoms with van der Waals surface area (Å²) in [4.78, 5) is 66.1. The van der Waals surface area contributed by atoms with Gasteiger partial charge in [0.25, 0.3) is 0 Å². The van der Waals surface area contributed by atoms with E-state index in [1.54, 1.807) is 0 Å². The number of rotatable bonds is 15. The van der Waals surface area contributed by atoms with Crippen LogP contribution in [0.5, 0.6) is 0 Å². The maximum Gasteiger partial charge on any atom is 0.322 e. The molecule has 37 heavy (non-hydrogen) atoms. The van der Waals surface area contributed by atoms with Gasteiger partial charge in [-0.1, -0.05) is 6.42 Å². The molecule has 0 aromatic rings. The second kappa shape index (κ2) is 15.5. The van der Waals surface area contributed by atoms with Crippen LogP contribution >= 0.6 is 0 Å². The van der Waals surface area contributed by atoms with Crippen LogP contribution in [0.1, 0.15) is 64.2 Å². The van der Waals surface area contributed by atoms with E-state index in [1.165, 1.54) is 9.80 Å². The number of unbranched alkanes of at least 4 members (excludes halogenated alkanes) is 2. The first-order valence-electron chi connectivity index (χ1n) is 13.3. The molecular formula is C24H43N7O6. The number of nitrogens with one attached hydrogen (secondary N) is 2. The van der Waals surface area contributed by atoms with Crippen molar-refractivity contribution in [1.82, 2.24) is 20.4 Å². The number of likely N-dealkylation sites (tertiary alicyclic amines) is 2. The second-order valence-electron chi connectivity index (χ2n) is 9.73. The van der Waals surface area contributed by atoms with Crippen molar-refractivity contribution in [2.75, 3.05) is 32.7 Å². The maximum atomic E-state index is 13.6. The van der Waals surface area contributed by atoms with E-state index in [0.29, 0.717) is 84.0 Å². The molecule has 13 heteroatoms. The molecule has 2 aliphatic heterocycles. The van der Waals surface area contributed by atoms with Crippen molar-refractivity contribution < 1.29 is 29.1 Å². The molecule has 4 atom stereocenters.